The lowest BCUT2D eigenvalue weighted by atomic mass is 9.78. The summed E-state index contributed by atoms with van der Waals surface area (Å²) in [5, 5.41) is 4.08. The van der Waals surface area contributed by atoms with Crippen LogP contribution in [0, 0.1) is 0 Å². The molecule has 0 spiro atoms. The number of anilines is 2. The number of fused-ring (bicyclic) bond motifs is 1. The van der Waals surface area contributed by atoms with Gasteiger partial charge in [0.15, 0.2) is 5.78 Å². The van der Waals surface area contributed by atoms with Gasteiger partial charge in [-0.1, -0.05) is 84.4 Å². The summed E-state index contributed by atoms with van der Waals surface area (Å²) in [6, 6.07) is 32.1. The van der Waals surface area contributed by atoms with Crippen LogP contribution in [0.2, 0.25) is 5.02 Å². The smallest absolute Gasteiger partial charge is 0.251 e. The minimum absolute atomic E-state index is 0.00386. The van der Waals surface area contributed by atoms with E-state index in [2.05, 4.69) is 17.4 Å². The molecule has 2 aliphatic rings. The molecule has 1 amide bonds. The Labute approximate surface area is 244 Å². The van der Waals surface area contributed by atoms with E-state index in [1.54, 1.807) is 30.2 Å². The molecule has 1 N–H and O–H groups in total. The molecule has 0 bridgehead atoms. The number of hydrogen-bond donors (Lipinski definition) is 1. The number of methoxy groups -OCH3 is 1. The molecule has 0 saturated heterocycles. The average Bonchev–Trinajstić information content (AvgIpc) is 3.15. The highest BCUT2D eigenvalue weighted by atomic mass is 35.5. The van der Waals surface area contributed by atoms with Crippen LogP contribution in [-0.2, 0) is 9.59 Å². The first-order valence-corrected chi connectivity index (χ1v) is 14.0. The lowest BCUT2D eigenvalue weighted by molar-refractivity contribution is -0.116. The van der Waals surface area contributed by atoms with Crippen LogP contribution in [0.4, 0.5) is 11.4 Å². The molecule has 6 rings (SSSR count). The summed E-state index contributed by atoms with van der Waals surface area (Å²) >= 11 is 6.46. The number of ether oxygens (including phenoxy) is 1. The van der Waals surface area contributed by atoms with Crippen LogP contribution in [0.1, 0.15) is 41.5 Å². The summed E-state index contributed by atoms with van der Waals surface area (Å²) in [5.74, 6) is 0.419. The third-order valence-corrected chi connectivity index (χ3v) is 7.91. The molecule has 1 heterocycles. The topological polar surface area (TPSA) is 58.6 Å². The fourth-order valence-corrected chi connectivity index (χ4v) is 5.93. The molecule has 6 heteroatoms. The Bertz CT molecular complexity index is 1660. The summed E-state index contributed by atoms with van der Waals surface area (Å²) in [7, 11) is 1.61. The van der Waals surface area contributed by atoms with Crippen LogP contribution in [0.3, 0.4) is 0 Å². The Morgan fingerprint density at radius 1 is 0.902 bits per heavy atom. The van der Waals surface area contributed by atoms with E-state index in [-0.39, 0.29) is 17.6 Å². The third kappa shape index (κ3) is 5.41. The van der Waals surface area contributed by atoms with Crippen LogP contribution in [0.5, 0.6) is 5.75 Å². The molecule has 204 valence electrons. The first kappa shape index (κ1) is 26.6. The van der Waals surface area contributed by atoms with Gasteiger partial charge < -0.3 is 10.1 Å². The number of hydrogen-bond acceptors (Lipinski definition) is 4. The number of carbonyl (C=O) groups excluding carboxylic acids is 2. The van der Waals surface area contributed by atoms with Gasteiger partial charge in [-0.25, -0.2) is 0 Å². The van der Waals surface area contributed by atoms with Crippen molar-refractivity contribution in [3.63, 3.8) is 0 Å². The van der Waals surface area contributed by atoms with Crippen molar-refractivity contribution < 1.29 is 14.3 Å². The Balaban J connectivity index is 1.54. The second-order valence-electron chi connectivity index (χ2n) is 10.2. The number of nitrogens with zero attached hydrogens (tertiary/aromatic N) is 1. The van der Waals surface area contributed by atoms with Gasteiger partial charge in [0.25, 0.3) is 5.91 Å². The highest BCUT2D eigenvalue weighted by Crippen LogP contribution is 2.48. The zero-order chi connectivity index (χ0) is 28.3. The number of amides is 1. The van der Waals surface area contributed by atoms with Crippen molar-refractivity contribution in [2.24, 2.45) is 0 Å². The molecule has 41 heavy (non-hydrogen) atoms. The monoisotopic (exact) mass is 560 g/mol. The number of Topliss-reactive ketones (excluding diaryl/α,β-unsaturated/α-hetero) is 1. The van der Waals surface area contributed by atoms with Gasteiger partial charge in [-0.15, -0.1) is 0 Å². The largest absolute Gasteiger partial charge is 0.497 e. The van der Waals surface area contributed by atoms with Crippen molar-refractivity contribution in [1.29, 1.82) is 0 Å². The van der Waals surface area contributed by atoms with E-state index in [0.717, 1.165) is 22.4 Å². The normalized spacial score (nSPS) is 18.4. The maximum absolute atomic E-state index is 14.2. The van der Waals surface area contributed by atoms with E-state index in [0.29, 0.717) is 40.6 Å². The summed E-state index contributed by atoms with van der Waals surface area (Å²) in [4.78, 5) is 30.1. The molecule has 1 aliphatic heterocycles. The van der Waals surface area contributed by atoms with Crippen LogP contribution < -0.4 is 15.0 Å². The summed E-state index contributed by atoms with van der Waals surface area (Å²) in [5.41, 5.74) is 5.51. The van der Waals surface area contributed by atoms with E-state index < -0.39 is 6.04 Å². The van der Waals surface area contributed by atoms with Crippen LogP contribution in [0.15, 0.2) is 120 Å². The van der Waals surface area contributed by atoms with E-state index in [4.69, 9.17) is 16.3 Å². The van der Waals surface area contributed by atoms with Gasteiger partial charge in [0.2, 0.25) is 0 Å². The number of rotatable bonds is 5. The standard InChI is InChI=1S/C35H29ClN2O3/c1-41-28-14-8-13-25(19-28)35-34-30(20-26(21-32(34)39)24-11-6-3-7-12-24)37-29-22-27(36)16-17-31(29)38(35)33(40)18-15-23-9-4-2-5-10-23/h2-19,22,26,35,37H,20-21H2,1H3/b18-15+/t26-,35+/m1/s1. The first-order chi connectivity index (χ1) is 20.0. The molecule has 0 radical (unpaired) electrons. The molecular formula is C35H29ClN2O3. The second-order valence-corrected chi connectivity index (χ2v) is 10.7. The zero-order valence-electron chi connectivity index (χ0n) is 22.6. The molecule has 4 aromatic carbocycles. The van der Waals surface area contributed by atoms with Crippen LogP contribution in [-0.4, -0.2) is 18.8 Å². The Morgan fingerprint density at radius 2 is 1.63 bits per heavy atom. The van der Waals surface area contributed by atoms with E-state index in [1.807, 2.05) is 84.9 Å². The van der Waals surface area contributed by atoms with E-state index in [9.17, 15) is 9.59 Å². The molecule has 5 nitrogen and oxygen atoms in total. The van der Waals surface area contributed by atoms with Gasteiger partial charge in [-0.2, -0.15) is 0 Å². The highest BCUT2D eigenvalue weighted by Gasteiger charge is 2.41. The fourth-order valence-electron chi connectivity index (χ4n) is 5.76. The van der Waals surface area contributed by atoms with Crippen molar-refractivity contribution in [2.75, 3.05) is 17.3 Å². The van der Waals surface area contributed by atoms with E-state index >= 15 is 0 Å². The molecule has 0 aromatic heterocycles. The number of allylic oxidation sites excluding steroid dienone is 1. The Morgan fingerprint density at radius 3 is 2.39 bits per heavy atom. The minimum Gasteiger partial charge on any atom is -0.497 e. The molecular weight excluding hydrogens is 532 g/mol. The Hall–Kier alpha value is -4.61. The first-order valence-electron chi connectivity index (χ1n) is 13.6. The molecule has 0 unspecified atom stereocenters. The van der Waals surface area contributed by atoms with Crippen molar-refractivity contribution >= 4 is 40.7 Å². The highest BCUT2D eigenvalue weighted by molar-refractivity contribution is 6.31. The summed E-state index contributed by atoms with van der Waals surface area (Å²) in [6.07, 6.45) is 4.33. The minimum atomic E-state index is -0.674. The lowest BCUT2D eigenvalue weighted by Gasteiger charge is -2.34. The molecule has 0 saturated carbocycles. The lowest BCUT2D eigenvalue weighted by Crippen LogP contribution is -2.37. The summed E-state index contributed by atoms with van der Waals surface area (Å²) < 4.78 is 5.55. The predicted molar refractivity (Wildman–Crippen MR) is 164 cm³/mol. The number of nitrogens with one attached hydrogen (secondary N) is 1. The molecule has 0 fully saturated rings. The van der Waals surface area contributed by atoms with Crippen molar-refractivity contribution in [2.45, 2.75) is 24.8 Å². The van der Waals surface area contributed by atoms with Crippen LogP contribution >= 0.6 is 11.6 Å². The average molecular weight is 561 g/mol. The van der Waals surface area contributed by atoms with Gasteiger partial charge in [-0.05, 0) is 65.4 Å². The Kier molecular flexibility index (Phi) is 7.45. The quantitative estimate of drug-likeness (QED) is 0.251. The van der Waals surface area contributed by atoms with Gasteiger partial charge in [0.1, 0.15) is 5.75 Å². The van der Waals surface area contributed by atoms with E-state index in [1.165, 1.54) is 0 Å². The number of benzene rings is 4. The van der Waals surface area contributed by atoms with Gasteiger partial charge in [0.05, 0.1) is 24.5 Å². The van der Waals surface area contributed by atoms with Crippen molar-refractivity contribution in [1.82, 2.24) is 0 Å². The molecule has 1 aliphatic carbocycles. The SMILES string of the molecule is COc1cccc([C@H]2C3=C(C[C@@H](c4ccccc4)CC3=O)Nc3cc(Cl)ccc3N2C(=O)/C=C/c2ccccc2)c1. The number of carbonyl (C=O) groups is 2. The molecule has 2 atom stereocenters. The maximum atomic E-state index is 14.2. The van der Waals surface area contributed by atoms with Gasteiger partial charge in [0, 0.05) is 28.8 Å². The van der Waals surface area contributed by atoms with Gasteiger partial charge >= 0.3 is 0 Å². The van der Waals surface area contributed by atoms with Crippen molar-refractivity contribution in [3.8, 4) is 5.75 Å². The number of ketones is 1. The maximum Gasteiger partial charge on any atom is 0.251 e. The third-order valence-electron chi connectivity index (χ3n) is 7.68. The second kappa shape index (κ2) is 11.5. The zero-order valence-corrected chi connectivity index (χ0v) is 23.3. The number of halogens is 1. The summed E-state index contributed by atoms with van der Waals surface area (Å²) in [6.45, 7) is 0. The molecule has 4 aromatic rings. The van der Waals surface area contributed by atoms with Gasteiger partial charge in [-0.3, -0.25) is 14.5 Å². The van der Waals surface area contributed by atoms with Crippen LogP contribution in [0.25, 0.3) is 6.08 Å². The fraction of sp³-hybridized carbons (Fsp3) is 0.143. The van der Waals surface area contributed by atoms with Crippen molar-refractivity contribution in [3.05, 3.63) is 142 Å². The predicted octanol–water partition coefficient (Wildman–Crippen LogP) is 7.96.